The van der Waals surface area contributed by atoms with Crippen molar-refractivity contribution in [2.45, 2.75) is 20.3 Å². The van der Waals surface area contributed by atoms with Crippen LogP contribution in [0.25, 0.3) is 0 Å². The smallest absolute Gasteiger partial charge is 0.253 e. The van der Waals surface area contributed by atoms with E-state index in [0.29, 0.717) is 11.5 Å². The quantitative estimate of drug-likeness (QED) is 0.800. The molecule has 0 heterocycles. The second-order valence-corrected chi connectivity index (χ2v) is 4.02. The fourth-order valence-corrected chi connectivity index (χ4v) is 1.41. The lowest BCUT2D eigenvalue weighted by Crippen LogP contribution is -2.28. The zero-order chi connectivity index (χ0) is 12.0. The van der Waals surface area contributed by atoms with Crippen LogP contribution < -0.4 is 10.6 Å². The van der Waals surface area contributed by atoms with Gasteiger partial charge in [0.15, 0.2) is 0 Å². The van der Waals surface area contributed by atoms with Crippen molar-refractivity contribution < 1.29 is 4.79 Å². The van der Waals surface area contributed by atoms with Crippen LogP contribution >= 0.6 is 0 Å². The number of rotatable bonds is 5. The summed E-state index contributed by atoms with van der Waals surface area (Å²) in [6.45, 7) is 4.98. The van der Waals surface area contributed by atoms with Crippen molar-refractivity contribution in [3.63, 3.8) is 0 Å². The second-order valence-electron chi connectivity index (χ2n) is 4.02. The van der Waals surface area contributed by atoms with Crippen LogP contribution in [0, 0.1) is 5.92 Å². The van der Waals surface area contributed by atoms with Gasteiger partial charge >= 0.3 is 0 Å². The summed E-state index contributed by atoms with van der Waals surface area (Å²) < 4.78 is 0. The lowest BCUT2D eigenvalue weighted by Gasteiger charge is -2.12. The van der Waals surface area contributed by atoms with Gasteiger partial charge in [-0.05, 0) is 18.1 Å². The Morgan fingerprint density at radius 2 is 2.06 bits per heavy atom. The topological polar surface area (TPSA) is 41.1 Å². The first-order valence-corrected chi connectivity index (χ1v) is 5.74. The zero-order valence-corrected chi connectivity index (χ0v) is 10.2. The van der Waals surface area contributed by atoms with E-state index in [1.807, 2.05) is 31.3 Å². The first-order valence-electron chi connectivity index (χ1n) is 5.74. The molecule has 0 saturated carbocycles. The van der Waals surface area contributed by atoms with Gasteiger partial charge < -0.3 is 10.6 Å². The van der Waals surface area contributed by atoms with Crippen LogP contribution in [0.3, 0.4) is 0 Å². The number of carbonyl (C=O) groups excluding carboxylic acids is 1. The lowest BCUT2D eigenvalue weighted by atomic mass is 10.1. The molecule has 0 aliphatic rings. The SMILES string of the molecule is CCC(C)CNC(=O)c1ccccc1NC. The summed E-state index contributed by atoms with van der Waals surface area (Å²) in [5.41, 5.74) is 1.57. The molecule has 88 valence electrons. The van der Waals surface area contributed by atoms with E-state index >= 15 is 0 Å². The molecule has 2 N–H and O–H groups in total. The van der Waals surface area contributed by atoms with Crippen molar-refractivity contribution in [1.29, 1.82) is 0 Å². The third kappa shape index (κ3) is 3.26. The number of amides is 1. The van der Waals surface area contributed by atoms with Gasteiger partial charge in [-0.15, -0.1) is 0 Å². The molecule has 1 aromatic carbocycles. The molecule has 0 aliphatic carbocycles. The average molecular weight is 220 g/mol. The van der Waals surface area contributed by atoms with Crippen LogP contribution in [0.15, 0.2) is 24.3 Å². The number of para-hydroxylation sites is 1. The number of hydrogen-bond donors (Lipinski definition) is 2. The van der Waals surface area contributed by atoms with E-state index in [2.05, 4.69) is 24.5 Å². The summed E-state index contributed by atoms with van der Waals surface area (Å²) in [6, 6.07) is 7.52. The minimum absolute atomic E-state index is 0.00903. The summed E-state index contributed by atoms with van der Waals surface area (Å²) in [5, 5.41) is 5.96. The molecule has 0 radical (unpaired) electrons. The fraction of sp³-hybridized carbons (Fsp3) is 0.462. The van der Waals surface area contributed by atoms with E-state index in [9.17, 15) is 4.79 Å². The molecule has 0 saturated heterocycles. The van der Waals surface area contributed by atoms with Crippen molar-refractivity contribution in [2.75, 3.05) is 18.9 Å². The minimum Gasteiger partial charge on any atom is -0.387 e. The van der Waals surface area contributed by atoms with Crippen LogP contribution in [0.5, 0.6) is 0 Å². The number of carbonyl (C=O) groups is 1. The normalized spacial score (nSPS) is 11.9. The van der Waals surface area contributed by atoms with Crippen LogP contribution in [-0.4, -0.2) is 19.5 Å². The molecule has 1 rings (SSSR count). The first kappa shape index (κ1) is 12.6. The van der Waals surface area contributed by atoms with Crippen LogP contribution in [0.4, 0.5) is 5.69 Å². The summed E-state index contributed by atoms with van der Waals surface area (Å²) in [7, 11) is 1.82. The summed E-state index contributed by atoms with van der Waals surface area (Å²) in [4.78, 5) is 11.9. The van der Waals surface area contributed by atoms with Gasteiger partial charge in [-0.1, -0.05) is 32.4 Å². The molecule has 0 fully saturated rings. The molecule has 1 atom stereocenters. The van der Waals surface area contributed by atoms with Gasteiger partial charge in [0.1, 0.15) is 0 Å². The molecule has 3 heteroatoms. The molecule has 1 unspecified atom stereocenters. The molecular weight excluding hydrogens is 200 g/mol. The highest BCUT2D eigenvalue weighted by Crippen LogP contribution is 2.13. The highest BCUT2D eigenvalue weighted by atomic mass is 16.1. The van der Waals surface area contributed by atoms with E-state index in [4.69, 9.17) is 0 Å². The molecule has 0 spiro atoms. The Morgan fingerprint density at radius 3 is 2.69 bits per heavy atom. The van der Waals surface area contributed by atoms with Gasteiger partial charge in [0, 0.05) is 19.3 Å². The first-order chi connectivity index (χ1) is 7.69. The molecule has 1 aromatic rings. The van der Waals surface area contributed by atoms with Crippen LogP contribution in [0.2, 0.25) is 0 Å². The van der Waals surface area contributed by atoms with E-state index in [-0.39, 0.29) is 5.91 Å². The van der Waals surface area contributed by atoms with Crippen molar-refractivity contribution in [3.8, 4) is 0 Å². The Morgan fingerprint density at radius 1 is 1.38 bits per heavy atom. The average Bonchev–Trinajstić information content (AvgIpc) is 2.35. The predicted octanol–water partition coefficient (Wildman–Crippen LogP) is 2.50. The highest BCUT2D eigenvalue weighted by molar-refractivity contribution is 5.99. The number of benzene rings is 1. The molecule has 3 nitrogen and oxygen atoms in total. The Balaban J connectivity index is 2.65. The van der Waals surface area contributed by atoms with Crippen molar-refractivity contribution in [3.05, 3.63) is 29.8 Å². The zero-order valence-electron chi connectivity index (χ0n) is 10.2. The lowest BCUT2D eigenvalue weighted by molar-refractivity contribution is 0.0948. The molecule has 16 heavy (non-hydrogen) atoms. The van der Waals surface area contributed by atoms with Crippen molar-refractivity contribution in [2.24, 2.45) is 5.92 Å². The van der Waals surface area contributed by atoms with Gasteiger partial charge in [-0.25, -0.2) is 0 Å². The van der Waals surface area contributed by atoms with Crippen LogP contribution in [-0.2, 0) is 0 Å². The summed E-state index contributed by atoms with van der Waals surface area (Å²) in [6.07, 6.45) is 1.08. The maximum absolute atomic E-state index is 11.9. The van der Waals surface area contributed by atoms with E-state index in [1.54, 1.807) is 0 Å². The Labute approximate surface area is 97.2 Å². The summed E-state index contributed by atoms with van der Waals surface area (Å²) >= 11 is 0. The predicted molar refractivity (Wildman–Crippen MR) is 67.8 cm³/mol. The standard InChI is InChI=1S/C13H20N2O/c1-4-10(2)9-15-13(16)11-7-5-6-8-12(11)14-3/h5-8,10,14H,4,9H2,1-3H3,(H,15,16). The fourth-order valence-electron chi connectivity index (χ4n) is 1.41. The third-order valence-electron chi connectivity index (χ3n) is 2.75. The van der Waals surface area contributed by atoms with Gasteiger partial charge in [-0.3, -0.25) is 4.79 Å². The number of anilines is 1. The maximum Gasteiger partial charge on any atom is 0.253 e. The second kappa shape index (κ2) is 6.16. The minimum atomic E-state index is -0.00903. The van der Waals surface area contributed by atoms with Crippen molar-refractivity contribution in [1.82, 2.24) is 5.32 Å². The summed E-state index contributed by atoms with van der Waals surface area (Å²) in [5.74, 6) is 0.510. The van der Waals surface area contributed by atoms with Crippen molar-refractivity contribution >= 4 is 11.6 Å². The Kier molecular flexibility index (Phi) is 4.83. The van der Waals surface area contributed by atoms with E-state index in [0.717, 1.165) is 18.7 Å². The Bertz CT molecular complexity index is 350. The molecule has 0 aromatic heterocycles. The monoisotopic (exact) mass is 220 g/mol. The van der Waals surface area contributed by atoms with Gasteiger partial charge in [0.05, 0.1) is 5.56 Å². The maximum atomic E-state index is 11.9. The van der Waals surface area contributed by atoms with Gasteiger partial charge in [0.25, 0.3) is 5.91 Å². The third-order valence-corrected chi connectivity index (χ3v) is 2.75. The largest absolute Gasteiger partial charge is 0.387 e. The van der Waals surface area contributed by atoms with Gasteiger partial charge in [0.2, 0.25) is 0 Å². The molecule has 1 amide bonds. The molecular formula is C13H20N2O. The van der Waals surface area contributed by atoms with Gasteiger partial charge in [-0.2, -0.15) is 0 Å². The van der Waals surface area contributed by atoms with E-state index < -0.39 is 0 Å². The van der Waals surface area contributed by atoms with Crippen LogP contribution in [0.1, 0.15) is 30.6 Å². The number of hydrogen-bond acceptors (Lipinski definition) is 2. The molecule has 0 aliphatic heterocycles. The molecule has 0 bridgehead atoms. The highest BCUT2D eigenvalue weighted by Gasteiger charge is 2.10. The van der Waals surface area contributed by atoms with E-state index in [1.165, 1.54) is 0 Å². The Hall–Kier alpha value is -1.51. The number of nitrogens with one attached hydrogen (secondary N) is 2.